The normalized spacial score (nSPS) is 12.0. The Hall–Kier alpha value is -2.67. The Morgan fingerprint density at radius 3 is 2.24 bits per heavy atom. The third kappa shape index (κ3) is 6.15. The number of rotatable bonds is 5. The maximum Gasteiger partial charge on any atom is 0.335 e. The fourth-order valence-corrected chi connectivity index (χ4v) is 3.63. The molecule has 7 N–H and O–H groups in total. The van der Waals surface area contributed by atoms with Gasteiger partial charge in [-0.3, -0.25) is 0 Å². The lowest BCUT2D eigenvalue weighted by Crippen LogP contribution is -2.37. The first-order valence-electron chi connectivity index (χ1n) is 9.42. The highest BCUT2D eigenvalue weighted by atomic mass is 32.1. The van der Waals surface area contributed by atoms with Crippen molar-refractivity contribution < 1.29 is 9.90 Å². The van der Waals surface area contributed by atoms with Gasteiger partial charge >= 0.3 is 5.97 Å². The van der Waals surface area contributed by atoms with Gasteiger partial charge in [-0.15, -0.1) is 0 Å². The number of aromatic carboxylic acids is 1. The molecule has 0 saturated carbocycles. The van der Waals surface area contributed by atoms with Gasteiger partial charge in [0, 0.05) is 5.69 Å². The summed E-state index contributed by atoms with van der Waals surface area (Å²) in [6.45, 7) is 8.26. The van der Waals surface area contributed by atoms with Gasteiger partial charge in [0.1, 0.15) is 0 Å². The van der Waals surface area contributed by atoms with Crippen LogP contribution in [0.5, 0.6) is 0 Å². The predicted octanol–water partition coefficient (Wildman–Crippen LogP) is 4.97. The number of thiophene rings is 1. The molecule has 0 spiro atoms. The summed E-state index contributed by atoms with van der Waals surface area (Å²) in [7, 11) is 1.50. The molecule has 2 aromatic carbocycles. The largest absolute Gasteiger partial charge is 0.478 e. The second kappa shape index (κ2) is 11.4. The Morgan fingerprint density at radius 1 is 1.10 bits per heavy atom. The molecular formula is C23H31N3O2S. The number of benzene rings is 2. The maximum absolute atomic E-state index is 10.7. The Bertz CT molecular complexity index is 938. The van der Waals surface area contributed by atoms with Crippen LogP contribution in [-0.4, -0.2) is 18.1 Å². The van der Waals surface area contributed by atoms with E-state index in [-0.39, 0.29) is 5.54 Å². The zero-order valence-electron chi connectivity index (χ0n) is 17.3. The average Bonchev–Trinajstić information content (AvgIpc) is 3.29. The van der Waals surface area contributed by atoms with Gasteiger partial charge in [0.2, 0.25) is 0 Å². The standard InChI is InChI=1S/C11H9NO2.C11H17NS.CH5N/c12-10-4-3-7-5-9(11(13)14)2-1-8(7)6-10;1-4-9(3)11(12,5-2)10-6-7-13-8-10;1-2/h1-6H,12H2,(H,13,14);6-8H,3-5,12H2,1-2H3;2H2,1H3. The van der Waals surface area contributed by atoms with Crippen LogP contribution in [0.4, 0.5) is 5.69 Å². The molecule has 6 heteroatoms. The van der Waals surface area contributed by atoms with E-state index < -0.39 is 5.97 Å². The number of hydrogen-bond acceptors (Lipinski definition) is 5. The summed E-state index contributed by atoms with van der Waals surface area (Å²) >= 11 is 1.69. The number of carbonyl (C=O) groups is 1. The number of hydrogen-bond donors (Lipinski definition) is 4. The minimum Gasteiger partial charge on any atom is -0.478 e. The topological polar surface area (TPSA) is 115 Å². The number of fused-ring (bicyclic) bond motifs is 1. The molecular weight excluding hydrogens is 382 g/mol. The van der Waals surface area contributed by atoms with Crippen molar-refractivity contribution in [3.8, 4) is 0 Å². The molecule has 1 atom stereocenters. The smallest absolute Gasteiger partial charge is 0.335 e. The Balaban J connectivity index is 0.000000268. The highest BCUT2D eigenvalue weighted by Gasteiger charge is 2.27. The molecule has 0 saturated heterocycles. The minimum absolute atomic E-state index is 0.294. The second-order valence-electron chi connectivity index (χ2n) is 6.42. The number of nitrogen functional groups attached to an aromatic ring is 1. The molecule has 1 aromatic heterocycles. The van der Waals surface area contributed by atoms with Crippen molar-refractivity contribution in [3.63, 3.8) is 0 Å². The van der Waals surface area contributed by atoms with Crippen molar-refractivity contribution in [1.29, 1.82) is 0 Å². The fraction of sp³-hybridized carbons (Fsp3) is 0.261. The fourth-order valence-electron chi connectivity index (χ4n) is 2.89. The van der Waals surface area contributed by atoms with Crippen LogP contribution < -0.4 is 17.2 Å². The number of carboxylic acid groups (broad SMARTS) is 1. The monoisotopic (exact) mass is 413 g/mol. The molecule has 3 aromatic rings. The number of carboxylic acids is 1. The van der Waals surface area contributed by atoms with Crippen molar-refractivity contribution in [2.75, 3.05) is 12.8 Å². The van der Waals surface area contributed by atoms with Gasteiger partial charge < -0.3 is 22.3 Å². The molecule has 0 radical (unpaired) electrons. The van der Waals surface area contributed by atoms with E-state index in [4.69, 9.17) is 16.6 Å². The van der Waals surface area contributed by atoms with Crippen molar-refractivity contribution in [3.05, 3.63) is 76.5 Å². The number of anilines is 1. The van der Waals surface area contributed by atoms with E-state index in [1.165, 1.54) is 12.6 Å². The summed E-state index contributed by atoms with van der Waals surface area (Å²) in [5, 5.41) is 14.8. The second-order valence-corrected chi connectivity index (χ2v) is 7.20. The van der Waals surface area contributed by atoms with Crippen LogP contribution in [0.1, 0.15) is 42.6 Å². The average molecular weight is 414 g/mol. The summed E-state index contributed by atoms with van der Waals surface area (Å²) in [4.78, 5) is 10.7. The Labute approximate surface area is 176 Å². The van der Waals surface area contributed by atoms with Gasteiger partial charge in [-0.2, -0.15) is 11.3 Å². The quantitative estimate of drug-likeness (QED) is 0.348. The summed E-state index contributed by atoms with van der Waals surface area (Å²) in [6, 6.07) is 12.5. The van der Waals surface area contributed by atoms with Crippen LogP contribution in [0.25, 0.3) is 10.8 Å². The van der Waals surface area contributed by atoms with Crippen molar-refractivity contribution in [1.82, 2.24) is 0 Å². The lowest BCUT2D eigenvalue weighted by molar-refractivity contribution is 0.0697. The van der Waals surface area contributed by atoms with Gasteiger partial charge in [-0.05, 0) is 77.3 Å². The third-order valence-electron chi connectivity index (χ3n) is 4.76. The lowest BCUT2D eigenvalue weighted by Gasteiger charge is -2.29. The summed E-state index contributed by atoms with van der Waals surface area (Å²) in [5.74, 6) is -0.913. The van der Waals surface area contributed by atoms with Crippen LogP contribution in [0, 0.1) is 0 Å². The van der Waals surface area contributed by atoms with Crippen molar-refractivity contribution in [2.24, 2.45) is 11.5 Å². The van der Waals surface area contributed by atoms with E-state index >= 15 is 0 Å². The van der Waals surface area contributed by atoms with Crippen molar-refractivity contribution >= 4 is 33.8 Å². The van der Waals surface area contributed by atoms with E-state index in [2.05, 4.69) is 43.0 Å². The van der Waals surface area contributed by atoms with E-state index in [1.807, 2.05) is 12.1 Å². The van der Waals surface area contributed by atoms with Gasteiger partial charge in [-0.1, -0.05) is 38.1 Å². The summed E-state index contributed by atoms with van der Waals surface area (Å²) < 4.78 is 0. The molecule has 1 unspecified atom stereocenters. The molecule has 0 aliphatic carbocycles. The molecule has 29 heavy (non-hydrogen) atoms. The molecule has 0 aliphatic rings. The van der Waals surface area contributed by atoms with Crippen LogP contribution in [0.15, 0.2) is 65.4 Å². The van der Waals surface area contributed by atoms with Gasteiger partial charge in [-0.25, -0.2) is 4.79 Å². The third-order valence-corrected chi connectivity index (χ3v) is 5.45. The SMILES string of the molecule is C=C(CC)C(N)(CC)c1ccsc1.CN.Nc1ccc2cc(C(=O)O)ccc2c1. The maximum atomic E-state index is 10.7. The van der Waals surface area contributed by atoms with Crippen LogP contribution in [0.2, 0.25) is 0 Å². The van der Waals surface area contributed by atoms with Gasteiger partial charge in [0.15, 0.2) is 0 Å². The van der Waals surface area contributed by atoms with Gasteiger partial charge in [0.25, 0.3) is 0 Å². The van der Waals surface area contributed by atoms with Crippen LogP contribution in [0.3, 0.4) is 0 Å². The first-order chi connectivity index (χ1) is 13.8. The van der Waals surface area contributed by atoms with Crippen LogP contribution in [-0.2, 0) is 5.54 Å². The molecule has 0 amide bonds. The summed E-state index contributed by atoms with van der Waals surface area (Å²) in [6.07, 6.45) is 1.86. The number of nitrogens with two attached hydrogens (primary N) is 3. The molecule has 1 heterocycles. The Kier molecular flexibility index (Phi) is 9.55. The molecule has 3 rings (SSSR count). The van der Waals surface area contributed by atoms with Crippen molar-refractivity contribution in [2.45, 2.75) is 32.2 Å². The molecule has 0 fully saturated rings. The highest BCUT2D eigenvalue weighted by molar-refractivity contribution is 7.08. The zero-order chi connectivity index (χ0) is 22.0. The van der Waals surface area contributed by atoms with Crippen LogP contribution >= 0.6 is 11.3 Å². The lowest BCUT2D eigenvalue weighted by atomic mass is 9.82. The van der Waals surface area contributed by atoms with E-state index in [1.54, 1.807) is 35.6 Å². The molecule has 0 aliphatic heterocycles. The first-order valence-corrected chi connectivity index (χ1v) is 10.4. The first kappa shape index (κ1) is 24.4. The predicted molar refractivity (Wildman–Crippen MR) is 125 cm³/mol. The van der Waals surface area contributed by atoms with E-state index in [0.717, 1.165) is 29.2 Å². The van der Waals surface area contributed by atoms with E-state index in [0.29, 0.717) is 11.3 Å². The zero-order valence-corrected chi connectivity index (χ0v) is 18.1. The van der Waals surface area contributed by atoms with E-state index in [9.17, 15) is 4.79 Å². The highest BCUT2D eigenvalue weighted by Crippen LogP contribution is 2.32. The molecule has 0 bridgehead atoms. The molecule has 156 valence electrons. The molecule has 5 nitrogen and oxygen atoms in total. The summed E-state index contributed by atoms with van der Waals surface area (Å²) in [5.41, 5.74) is 19.4. The Morgan fingerprint density at radius 2 is 1.72 bits per heavy atom. The van der Waals surface area contributed by atoms with Gasteiger partial charge in [0.05, 0.1) is 11.1 Å². The minimum atomic E-state index is -0.913.